The molecule has 2 aromatic rings. The number of halogens is 1. The molecule has 0 atom stereocenters. The van der Waals surface area contributed by atoms with Crippen LogP contribution in [0.3, 0.4) is 0 Å². The van der Waals surface area contributed by atoms with Gasteiger partial charge in [0.1, 0.15) is 4.90 Å². The zero-order chi connectivity index (χ0) is 14.6. The molecule has 0 radical (unpaired) electrons. The minimum absolute atomic E-state index is 0.0140. The van der Waals surface area contributed by atoms with Crippen LogP contribution in [0.25, 0.3) is 0 Å². The minimum Gasteiger partial charge on any atom is -0.261 e. The largest absolute Gasteiger partial charge is 0.261 e. The normalized spacial score (nSPS) is 11.8. The highest BCUT2D eigenvalue weighted by Crippen LogP contribution is 2.13. The van der Waals surface area contributed by atoms with Gasteiger partial charge in [-0.1, -0.05) is 6.07 Å². The first-order valence-corrected chi connectivity index (χ1v) is 7.66. The molecule has 2 heterocycles. The summed E-state index contributed by atoms with van der Waals surface area (Å²) in [5.41, 5.74) is 0.835. The number of rotatable bonds is 5. The third kappa shape index (κ3) is 3.50. The highest BCUT2D eigenvalue weighted by Gasteiger charge is 2.21. The van der Waals surface area contributed by atoms with E-state index in [0.717, 1.165) is 5.69 Å². The fourth-order valence-corrected chi connectivity index (χ4v) is 2.71. The van der Waals surface area contributed by atoms with Crippen molar-refractivity contribution in [3.63, 3.8) is 0 Å². The number of aromatic nitrogens is 3. The van der Waals surface area contributed by atoms with Crippen LogP contribution in [0.2, 0.25) is 5.28 Å². The smallest absolute Gasteiger partial charge is 0.245 e. The molecule has 0 amide bonds. The topological polar surface area (TPSA) is 76.1 Å². The van der Waals surface area contributed by atoms with Crippen LogP contribution in [0.1, 0.15) is 5.69 Å². The Bertz CT molecular complexity index is 662. The van der Waals surface area contributed by atoms with Crippen LogP contribution >= 0.6 is 11.6 Å². The Kier molecular flexibility index (Phi) is 4.64. The molecule has 0 saturated heterocycles. The molecule has 0 N–H and O–H groups in total. The molecule has 106 valence electrons. The van der Waals surface area contributed by atoms with Crippen LogP contribution in [0.5, 0.6) is 0 Å². The maximum atomic E-state index is 12.2. The van der Waals surface area contributed by atoms with Gasteiger partial charge in [0, 0.05) is 31.9 Å². The summed E-state index contributed by atoms with van der Waals surface area (Å²) in [6, 6.07) is 5.53. The van der Waals surface area contributed by atoms with Crippen molar-refractivity contribution >= 4 is 21.6 Å². The van der Waals surface area contributed by atoms with Gasteiger partial charge in [-0.2, -0.15) is 0 Å². The number of pyridine rings is 1. The first kappa shape index (κ1) is 14.8. The lowest BCUT2D eigenvalue weighted by Gasteiger charge is -2.16. The molecule has 0 aliphatic rings. The van der Waals surface area contributed by atoms with Crippen molar-refractivity contribution in [3.05, 3.63) is 47.8 Å². The molecular formula is C12H13ClN4O2S. The number of likely N-dealkylation sites (N-methyl/N-ethyl adjacent to an activating group) is 1. The van der Waals surface area contributed by atoms with E-state index in [1.165, 1.54) is 23.7 Å². The second-order valence-corrected chi connectivity index (χ2v) is 6.47. The molecule has 20 heavy (non-hydrogen) atoms. The number of hydrogen-bond acceptors (Lipinski definition) is 5. The highest BCUT2D eigenvalue weighted by atomic mass is 35.5. The van der Waals surface area contributed by atoms with E-state index in [-0.39, 0.29) is 10.2 Å². The Morgan fingerprint density at radius 1 is 1.20 bits per heavy atom. The summed E-state index contributed by atoms with van der Waals surface area (Å²) in [7, 11) is -2.10. The van der Waals surface area contributed by atoms with Crippen molar-refractivity contribution in [1.82, 2.24) is 19.3 Å². The van der Waals surface area contributed by atoms with E-state index in [0.29, 0.717) is 13.0 Å². The Hall–Kier alpha value is -1.57. The summed E-state index contributed by atoms with van der Waals surface area (Å²) in [6.07, 6.45) is 4.60. The van der Waals surface area contributed by atoms with Gasteiger partial charge in [0.15, 0.2) is 0 Å². The van der Waals surface area contributed by atoms with E-state index in [1.807, 2.05) is 18.2 Å². The van der Waals surface area contributed by atoms with Gasteiger partial charge < -0.3 is 0 Å². The summed E-state index contributed by atoms with van der Waals surface area (Å²) in [6.45, 7) is 0.321. The summed E-state index contributed by atoms with van der Waals surface area (Å²) in [5.74, 6) is 0. The zero-order valence-corrected chi connectivity index (χ0v) is 12.3. The highest BCUT2D eigenvalue weighted by molar-refractivity contribution is 7.89. The molecule has 0 fully saturated rings. The fourth-order valence-electron chi connectivity index (χ4n) is 1.55. The predicted molar refractivity (Wildman–Crippen MR) is 74.8 cm³/mol. The molecule has 0 aromatic carbocycles. The summed E-state index contributed by atoms with van der Waals surface area (Å²) in [4.78, 5) is 11.5. The molecule has 8 heteroatoms. The zero-order valence-electron chi connectivity index (χ0n) is 10.8. The van der Waals surface area contributed by atoms with E-state index in [2.05, 4.69) is 15.0 Å². The van der Waals surface area contributed by atoms with Gasteiger partial charge in [-0.25, -0.2) is 22.7 Å². The average molecular weight is 313 g/mol. The number of nitrogens with zero attached hydrogens (tertiary/aromatic N) is 4. The molecule has 0 aliphatic carbocycles. The lowest BCUT2D eigenvalue weighted by molar-refractivity contribution is 0.470. The number of hydrogen-bond donors (Lipinski definition) is 0. The molecule has 0 unspecified atom stereocenters. The van der Waals surface area contributed by atoms with Crippen LogP contribution in [-0.2, 0) is 16.4 Å². The van der Waals surface area contributed by atoms with Crippen molar-refractivity contribution in [3.8, 4) is 0 Å². The lowest BCUT2D eigenvalue weighted by atomic mass is 10.3. The van der Waals surface area contributed by atoms with E-state index in [1.54, 1.807) is 6.20 Å². The standard InChI is InChI=1S/C12H13ClN4O2S/c1-17(7-5-10-4-2-3-6-14-10)20(18,19)11-8-15-12(13)16-9-11/h2-4,6,8-9H,5,7H2,1H3. The van der Waals surface area contributed by atoms with Crippen molar-refractivity contribution < 1.29 is 8.42 Å². The van der Waals surface area contributed by atoms with Crippen molar-refractivity contribution in [2.75, 3.05) is 13.6 Å². The molecule has 0 saturated carbocycles. The Morgan fingerprint density at radius 2 is 1.90 bits per heavy atom. The Labute approximate surface area is 122 Å². The fraction of sp³-hybridized carbons (Fsp3) is 0.250. The maximum Gasteiger partial charge on any atom is 0.245 e. The molecule has 2 rings (SSSR count). The third-order valence-corrected chi connectivity index (χ3v) is 4.72. The molecule has 0 spiro atoms. The second-order valence-electron chi connectivity index (χ2n) is 4.09. The van der Waals surface area contributed by atoms with Gasteiger partial charge in [0.25, 0.3) is 0 Å². The van der Waals surface area contributed by atoms with Gasteiger partial charge in [-0.3, -0.25) is 4.98 Å². The van der Waals surface area contributed by atoms with E-state index < -0.39 is 10.0 Å². The van der Waals surface area contributed by atoms with Gasteiger partial charge in [-0.05, 0) is 23.7 Å². The van der Waals surface area contributed by atoms with E-state index >= 15 is 0 Å². The van der Waals surface area contributed by atoms with Crippen molar-refractivity contribution in [1.29, 1.82) is 0 Å². The van der Waals surface area contributed by atoms with E-state index in [4.69, 9.17) is 11.6 Å². The second kappa shape index (κ2) is 6.25. The molecule has 2 aromatic heterocycles. The van der Waals surface area contributed by atoms with Gasteiger partial charge in [0.05, 0.1) is 12.4 Å². The third-order valence-electron chi connectivity index (χ3n) is 2.71. The Morgan fingerprint density at radius 3 is 2.50 bits per heavy atom. The summed E-state index contributed by atoms with van der Waals surface area (Å²) in [5, 5.41) is 0.0140. The van der Waals surface area contributed by atoms with Crippen LogP contribution in [0.15, 0.2) is 41.7 Å². The molecule has 0 bridgehead atoms. The van der Waals surface area contributed by atoms with Crippen LogP contribution in [-0.4, -0.2) is 41.3 Å². The first-order valence-electron chi connectivity index (χ1n) is 5.84. The maximum absolute atomic E-state index is 12.2. The monoisotopic (exact) mass is 312 g/mol. The lowest BCUT2D eigenvalue weighted by Crippen LogP contribution is -2.29. The van der Waals surface area contributed by atoms with E-state index in [9.17, 15) is 8.42 Å². The van der Waals surface area contributed by atoms with Crippen molar-refractivity contribution in [2.45, 2.75) is 11.3 Å². The van der Waals surface area contributed by atoms with Crippen LogP contribution in [0, 0.1) is 0 Å². The predicted octanol–water partition coefficient (Wildman–Crippen LogP) is 1.39. The first-order chi connectivity index (χ1) is 9.50. The van der Waals surface area contributed by atoms with Gasteiger partial charge >= 0.3 is 0 Å². The average Bonchev–Trinajstić information content (AvgIpc) is 2.46. The molecule has 6 nitrogen and oxygen atoms in total. The minimum atomic E-state index is -3.60. The number of sulfonamides is 1. The van der Waals surface area contributed by atoms with Gasteiger partial charge in [-0.15, -0.1) is 0 Å². The molecule has 0 aliphatic heterocycles. The Balaban J connectivity index is 2.08. The van der Waals surface area contributed by atoms with Crippen LogP contribution in [0.4, 0.5) is 0 Å². The summed E-state index contributed by atoms with van der Waals surface area (Å²) >= 11 is 5.54. The van der Waals surface area contributed by atoms with Gasteiger partial charge in [0.2, 0.25) is 15.3 Å². The van der Waals surface area contributed by atoms with Crippen molar-refractivity contribution in [2.24, 2.45) is 0 Å². The quantitative estimate of drug-likeness (QED) is 0.780. The van der Waals surface area contributed by atoms with Crippen LogP contribution < -0.4 is 0 Å². The molecular weight excluding hydrogens is 300 g/mol. The summed E-state index contributed by atoms with van der Waals surface area (Å²) < 4.78 is 25.7. The SMILES string of the molecule is CN(CCc1ccccn1)S(=O)(=O)c1cnc(Cl)nc1.